The molecule has 4 aromatic rings. The molecule has 0 radical (unpaired) electrons. The Morgan fingerprint density at radius 3 is 2.28 bits per heavy atom. The van der Waals surface area contributed by atoms with Crippen LogP contribution in [0, 0.1) is 6.92 Å². The van der Waals surface area contributed by atoms with Gasteiger partial charge in [0, 0.05) is 22.1 Å². The van der Waals surface area contributed by atoms with Crippen LogP contribution < -0.4 is 10.3 Å². The standard InChI is InChI=1S/C23H19BrN4O3S/c1-16-22(23(29)28(26-16)20-5-3-2-4-6-20)15-25-18-11-13-21(14-12-18)32(30,31)27-19-9-7-17(24)8-10-19/h2-15,26-27H,1H3. The molecule has 162 valence electrons. The van der Waals surface area contributed by atoms with E-state index in [4.69, 9.17) is 0 Å². The van der Waals surface area contributed by atoms with Crippen LogP contribution in [0.4, 0.5) is 11.4 Å². The number of sulfonamides is 1. The van der Waals surface area contributed by atoms with Crippen LogP contribution in [-0.4, -0.2) is 24.4 Å². The number of aryl methyl sites for hydroxylation is 1. The van der Waals surface area contributed by atoms with Crippen molar-refractivity contribution in [3.05, 3.63) is 105 Å². The van der Waals surface area contributed by atoms with E-state index in [0.29, 0.717) is 22.6 Å². The molecule has 9 heteroatoms. The molecule has 1 heterocycles. The minimum absolute atomic E-state index is 0.114. The van der Waals surface area contributed by atoms with E-state index in [0.717, 1.165) is 10.2 Å². The summed E-state index contributed by atoms with van der Waals surface area (Å²) in [4.78, 5) is 17.2. The van der Waals surface area contributed by atoms with Crippen molar-refractivity contribution in [1.82, 2.24) is 9.78 Å². The van der Waals surface area contributed by atoms with Gasteiger partial charge < -0.3 is 0 Å². The van der Waals surface area contributed by atoms with Gasteiger partial charge in [-0.1, -0.05) is 34.1 Å². The van der Waals surface area contributed by atoms with Crippen molar-refractivity contribution in [1.29, 1.82) is 0 Å². The zero-order valence-corrected chi connectivity index (χ0v) is 19.4. The lowest BCUT2D eigenvalue weighted by molar-refractivity contribution is 0.601. The molecular weight excluding hydrogens is 492 g/mol. The molecule has 1 aromatic heterocycles. The second-order valence-corrected chi connectivity index (χ2v) is 9.59. The van der Waals surface area contributed by atoms with E-state index in [1.807, 2.05) is 30.3 Å². The highest BCUT2D eigenvalue weighted by Crippen LogP contribution is 2.21. The maximum absolute atomic E-state index is 12.7. The van der Waals surface area contributed by atoms with Gasteiger partial charge in [-0.05, 0) is 67.6 Å². The van der Waals surface area contributed by atoms with Crippen LogP contribution in [0.25, 0.3) is 5.69 Å². The average Bonchev–Trinajstić information content (AvgIpc) is 3.08. The largest absolute Gasteiger partial charge is 0.295 e. The molecule has 0 fully saturated rings. The molecule has 0 aliphatic heterocycles. The van der Waals surface area contributed by atoms with E-state index in [2.05, 4.69) is 30.7 Å². The Bertz CT molecular complexity index is 1420. The summed E-state index contributed by atoms with van der Waals surface area (Å²) in [5.74, 6) is 0. The number of anilines is 1. The Morgan fingerprint density at radius 1 is 0.969 bits per heavy atom. The van der Waals surface area contributed by atoms with Crippen molar-refractivity contribution in [3.63, 3.8) is 0 Å². The van der Waals surface area contributed by atoms with Gasteiger partial charge in [0.15, 0.2) is 0 Å². The summed E-state index contributed by atoms with van der Waals surface area (Å²) in [7, 11) is -3.73. The highest BCUT2D eigenvalue weighted by atomic mass is 79.9. The van der Waals surface area contributed by atoms with Crippen LogP contribution in [0.15, 0.2) is 98.0 Å². The minimum Gasteiger partial charge on any atom is -0.295 e. The molecule has 32 heavy (non-hydrogen) atoms. The molecule has 0 saturated heterocycles. The smallest absolute Gasteiger partial charge is 0.280 e. The minimum atomic E-state index is -3.73. The number of nitrogens with one attached hydrogen (secondary N) is 2. The molecule has 0 bridgehead atoms. The molecule has 0 amide bonds. The van der Waals surface area contributed by atoms with Crippen LogP contribution in [-0.2, 0) is 10.0 Å². The molecule has 3 aromatic carbocycles. The number of benzene rings is 3. The lowest BCUT2D eigenvalue weighted by atomic mass is 10.2. The Balaban J connectivity index is 1.54. The van der Waals surface area contributed by atoms with Gasteiger partial charge in [-0.2, -0.15) is 0 Å². The number of para-hydroxylation sites is 1. The molecule has 2 N–H and O–H groups in total. The molecule has 7 nitrogen and oxygen atoms in total. The van der Waals surface area contributed by atoms with Crippen LogP contribution >= 0.6 is 15.9 Å². The van der Waals surface area contributed by atoms with E-state index >= 15 is 0 Å². The summed E-state index contributed by atoms with van der Waals surface area (Å²) in [5.41, 5.74) is 2.62. The van der Waals surface area contributed by atoms with Gasteiger partial charge in [0.2, 0.25) is 0 Å². The normalized spacial score (nSPS) is 11.7. The summed E-state index contributed by atoms with van der Waals surface area (Å²) >= 11 is 3.32. The monoisotopic (exact) mass is 510 g/mol. The fraction of sp³-hybridized carbons (Fsp3) is 0.0435. The number of aliphatic imine (C=N–C) groups is 1. The molecule has 0 saturated carbocycles. The van der Waals surface area contributed by atoms with Crippen LogP contribution in [0.2, 0.25) is 0 Å². The van der Waals surface area contributed by atoms with Gasteiger partial charge in [-0.3, -0.25) is 19.6 Å². The van der Waals surface area contributed by atoms with Gasteiger partial charge in [0.25, 0.3) is 15.6 Å². The molecule has 0 spiro atoms. The van der Waals surface area contributed by atoms with E-state index in [1.54, 1.807) is 43.3 Å². The maximum Gasteiger partial charge on any atom is 0.280 e. The third-order valence-corrected chi connectivity index (χ3v) is 6.64. The van der Waals surface area contributed by atoms with E-state index < -0.39 is 10.0 Å². The summed E-state index contributed by atoms with van der Waals surface area (Å²) in [6.45, 7) is 1.80. The third-order valence-electron chi connectivity index (χ3n) is 4.72. The predicted octanol–water partition coefficient (Wildman–Crippen LogP) is 4.79. The first-order valence-electron chi connectivity index (χ1n) is 9.63. The van der Waals surface area contributed by atoms with Gasteiger partial charge in [0.1, 0.15) is 0 Å². The first-order valence-corrected chi connectivity index (χ1v) is 11.9. The highest BCUT2D eigenvalue weighted by molar-refractivity contribution is 9.10. The number of aromatic amines is 1. The summed E-state index contributed by atoms with van der Waals surface area (Å²) in [6, 6.07) is 22.2. The van der Waals surface area contributed by atoms with Gasteiger partial charge >= 0.3 is 0 Å². The van der Waals surface area contributed by atoms with Crippen molar-refractivity contribution in [3.8, 4) is 5.69 Å². The van der Waals surface area contributed by atoms with Crippen LogP contribution in [0.5, 0.6) is 0 Å². The molecular formula is C23H19BrN4O3S. The topological polar surface area (TPSA) is 96.3 Å². The quantitative estimate of drug-likeness (QED) is 0.365. The van der Waals surface area contributed by atoms with Crippen molar-refractivity contribution < 1.29 is 8.42 Å². The predicted molar refractivity (Wildman–Crippen MR) is 130 cm³/mol. The number of H-pyrrole nitrogens is 1. The van der Waals surface area contributed by atoms with Crippen molar-refractivity contribution in [2.24, 2.45) is 4.99 Å². The molecule has 4 rings (SSSR count). The zero-order chi connectivity index (χ0) is 22.7. The SMILES string of the molecule is Cc1[nH]n(-c2ccccc2)c(=O)c1C=Nc1ccc(S(=O)(=O)Nc2ccc(Br)cc2)cc1. The van der Waals surface area contributed by atoms with Gasteiger partial charge in [0.05, 0.1) is 21.8 Å². The number of rotatable bonds is 6. The van der Waals surface area contributed by atoms with Gasteiger partial charge in [-0.25, -0.2) is 13.1 Å². The lowest BCUT2D eigenvalue weighted by Gasteiger charge is -2.08. The Morgan fingerprint density at radius 2 is 1.62 bits per heavy atom. The summed E-state index contributed by atoms with van der Waals surface area (Å²) in [5, 5.41) is 3.04. The first-order chi connectivity index (χ1) is 15.3. The fourth-order valence-corrected chi connectivity index (χ4v) is 4.38. The summed E-state index contributed by atoms with van der Waals surface area (Å²) < 4.78 is 30.0. The highest BCUT2D eigenvalue weighted by Gasteiger charge is 2.14. The first kappa shape index (κ1) is 21.8. The van der Waals surface area contributed by atoms with Crippen LogP contribution in [0.3, 0.4) is 0 Å². The number of halogens is 1. The molecule has 0 aliphatic carbocycles. The zero-order valence-electron chi connectivity index (χ0n) is 17.0. The van der Waals surface area contributed by atoms with Crippen molar-refractivity contribution in [2.75, 3.05) is 4.72 Å². The summed E-state index contributed by atoms with van der Waals surface area (Å²) in [6.07, 6.45) is 1.48. The molecule has 0 aliphatic rings. The van der Waals surface area contributed by atoms with E-state index in [9.17, 15) is 13.2 Å². The van der Waals surface area contributed by atoms with Crippen molar-refractivity contribution in [2.45, 2.75) is 11.8 Å². The second kappa shape index (κ2) is 8.97. The lowest BCUT2D eigenvalue weighted by Crippen LogP contribution is -2.17. The van der Waals surface area contributed by atoms with E-state index in [-0.39, 0.29) is 10.5 Å². The van der Waals surface area contributed by atoms with E-state index in [1.165, 1.54) is 23.0 Å². The van der Waals surface area contributed by atoms with Crippen molar-refractivity contribution >= 4 is 43.5 Å². The maximum atomic E-state index is 12.7. The van der Waals surface area contributed by atoms with Gasteiger partial charge in [-0.15, -0.1) is 0 Å². The number of hydrogen-bond donors (Lipinski definition) is 2. The number of hydrogen-bond acceptors (Lipinski definition) is 4. The fourth-order valence-electron chi connectivity index (χ4n) is 3.05. The molecule has 0 atom stereocenters. The Hall–Kier alpha value is -3.43. The molecule has 0 unspecified atom stereocenters. The number of aromatic nitrogens is 2. The number of nitrogens with zero attached hydrogens (tertiary/aromatic N) is 2. The Kier molecular flexibility index (Phi) is 6.11. The third kappa shape index (κ3) is 4.74. The second-order valence-electron chi connectivity index (χ2n) is 6.99. The van der Waals surface area contributed by atoms with Crippen LogP contribution in [0.1, 0.15) is 11.3 Å². The Labute approximate surface area is 193 Å². The average molecular weight is 511 g/mol.